The predicted octanol–water partition coefficient (Wildman–Crippen LogP) is 4.69. The van der Waals surface area contributed by atoms with Gasteiger partial charge in [-0.1, -0.05) is 42.5 Å². The topological polar surface area (TPSA) is 55.1 Å². The van der Waals surface area contributed by atoms with Crippen molar-refractivity contribution in [3.63, 3.8) is 0 Å². The number of anilines is 2. The molecule has 26 heavy (non-hydrogen) atoms. The van der Waals surface area contributed by atoms with Crippen molar-refractivity contribution in [2.75, 3.05) is 5.32 Å². The molecule has 0 saturated carbocycles. The molecule has 0 spiro atoms. The van der Waals surface area contributed by atoms with Crippen LogP contribution in [0.25, 0.3) is 27.8 Å². The molecule has 5 heteroatoms. The molecule has 5 nitrogen and oxygen atoms in total. The maximum atomic E-state index is 4.64. The van der Waals surface area contributed by atoms with E-state index in [1.54, 1.807) is 6.20 Å². The minimum atomic E-state index is 0.566. The number of rotatable bonds is 3. The number of nitrogens with one attached hydrogen (secondary N) is 1. The largest absolute Gasteiger partial charge is 0.323 e. The van der Waals surface area contributed by atoms with Gasteiger partial charge in [0.2, 0.25) is 5.95 Å². The van der Waals surface area contributed by atoms with Crippen LogP contribution in [0.5, 0.6) is 0 Å². The van der Waals surface area contributed by atoms with Gasteiger partial charge in [0.15, 0.2) is 5.65 Å². The van der Waals surface area contributed by atoms with Gasteiger partial charge in [0.1, 0.15) is 0 Å². The average molecular weight is 337 g/mol. The number of hydrogen-bond donors (Lipinski definition) is 1. The van der Waals surface area contributed by atoms with Crippen molar-refractivity contribution in [3.8, 4) is 11.3 Å². The summed E-state index contributed by atoms with van der Waals surface area (Å²) in [5, 5.41) is 9.01. The summed E-state index contributed by atoms with van der Waals surface area (Å²) in [7, 11) is 0. The van der Waals surface area contributed by atoms with Crippen LogP contribution in [0, 0.1) is 0 Å². The lowest BCUT2D eigenvalue weighted by Crippen LogP contribution is -1.95. The summed E-state index contributed by atoms with van der Waals surface area (Å²) in [4.78, 5) is 8.95. The molecule has 0 radical (unpaired) electrons. The molecule has 0 atom stereocenters. The molecule has 0 bridgehead atoms. The van der Waals surface area contributed by atoms with Crippen molar-refractivity contribution >= 4 is 28.2 Å². The first kappa shape index (κ1) is 14.6. The highest BCUT2D eigenvalue weighted by atomic mass is 15.4. The van der Waals surface area contributed by atoms with Gasteiger partial charge in [-0.05, 0) is 36.4 Å². The van der Waals surface area contributed by atoms with Crippen LogP contribution in [0.15, 0.2) is 85.1 Å². The van der Waals surface area contributed by atoms with Gasteiger partial charge in [-0.25, -0.2) is 4.52 Å². The molecule has 5 aromatic rings. The Bertz CT molecular complexity index is 1210. The Morgan fingerprint density at radius 1 is 0.808 bits per heavy atom. The third-order valence-corrected chi connectivity index (χ3v) is 4.29. The molecule has 5 rings (SSSR count). The van der Waals surface area contributed by atoms with Gasteiger partial charge in [-0.15, -0.1) is 5.10 Å². The molecule has 3 heterocycles. The molecule has 1 N–H and O–H groups in total. The van der Waals surface area contributed by atoms with Gasteiger partial charge in [0, 0.05) is 22.8 Å². The van der Waals surface area contributed by atoms with Crippen LogP contribution in [-0.4, -0.2) is 19.6 Å². The molecule has 0 unspecified atom stereocenters. The van der Waals surface area contributed by atoms with E-state index in [2.05, 4.69) is 32.5 Å². The first-order valence-corrected chi connectivity index (χ1v) is 8.40. The monoisotopic (exact) mass is 337 g/mol. The molecular weight excluding hydrogens is 322 g/mol. The van der Waals surface area contributed by atoms with Crippen LogP contribution >= 0.6 is 0 Å². The van der Waals surface area contributed by atoms with E-state index >= 15 is 0 Å². The normalized spacial score (nSPS) is 11.1. The van der Waals surface area contributed by atoms with E-state index in [1.165, 1.54) is 0 Å². The molecule has 3 aromatic heterocycles. The summed E-state index contributed by atoms with van der Waals surface area (Å²) >= 11 is 0. The van der Waals surface area contributed by atoms with Crippen LogP contribution in [0.1, 0.15) is 0 Å². The Morgan fingerprint density at radius 3 is 2.65 bits per heavy atom. The Balaban J connectivity index is 1.55. The molecule has 0 aliphatic rings. The number of fused-ring (bicyclic) bond motifs is 2. The van der Waals surface area contributed by atoms with E-state index in [1.807, 2.05) is 71.2 Å². The van der Waals surface area contributed by atoms with Crippen LogP contribution in [0.4, 0.5) is 11.6 Å². The number of hydrogen-bond acceptors (Lipinski definition) is 4. The van der Waals surface area contributed by atoms with E-state index in [0.29, 0.717) is 5.95 Å². The van der Waals surface area contributed by atoms with Crippen molar-refractivity contribution < 1.29 is 0 Å². The second-order valence-corrected chi connectivity index (χ2v) is 6.02. The summed E-state index contributed by atoms with van der Waals surface area (Å²) in [5.74, 6) is 0.566. The predicted molar refractivity (Wildman–Crippen MR) is 103 cm³/mol. The molecule has 0 amide bonds. The highest BCUT2D eigenvalue weighted by molar-refractivity contribution is 5.82. The van der Waals surface area contributed by atoms with Crippen molar-refractivity contribution in [3.05, 3.63) is 85.1 Å². The third-order valence-electron chi connectivity index (χ3n) is 4.29. The quantitative estimate of drug-likeness (QED) is 0.519. The molecule has 0 aliphatic heterocycles. The fourth-order valence-electron chi connectivity index (χ4n) is 3.07. The highest BCUT2D eigenvalue weighted by Gasteiger charge is 2.09. The molecular formula is C21H15N5. The van der Waals surface area contributed by atoms with Gasteiger partial charge < -0.3 is 5.32 Å². The zero-order chi connectivity index (χ0) is 17.3. The molecule has 0 saturated heterocycles. The third kappa shape index (κ3) is 2.56. The van der Waals surface area contributed by atoms with E-state index in [0.717, 1.165) is 33.5 Å². The highest BCUT2D eigenvalue weighted by Crippen LogP contribution is 2.23. The van der Waals surface area contributed by atoms with Gasteiger partial charge in [0.05, 0.1) is 11.2 Å². The summed E-state index contributed by atoms with van der Waals surface area (Å²) in [6.07, 6.45) is 1.80. The lowest BCUT2D eigenvalue weighted by Gasteiger charge is -2.04. The van der Waals surface area contributed by atoms with E-state index in [-0.39, 0.29) is 0 Å². The first-order chi connectivity index (χ1) is 12.9. The summed E-state index contributed by atoms with van der Waals surface area (Å²) < 4.78 is 1.86. The van der Waals surface area contributed by atoms with Crippen molar-refractivity contribution in [2.24, 2.45) is 0 Å². The Morgan fingerprint density at radius 2 is 1.73 bits per heavy atom. The second-order valence-electron chi connectivity index (χ2n) is 6.02. The maximum Gasteiger partial charge on any atom is 0.247 e. The van der Waals surface area contributed by atoms with Crippen LogP contribution in [0.2, 0.25) is 0 Å². The molecule has 124 valence electrons. The van der Waals surface area contributed by atoms with Gasteiger partial charge in [-0.2, -0.15) is 4.98 Å². The van der Waals surface area contributed by atoms with E-state index in [9.17, 15) is 0 Å². The number of pyridine rings is 2. The fraction of sp³-hybridized carbons (Fsp3) is 0. The molecule has 2 aromatic carbocycles. The average Bonchev–Trinajstić information content (AvgIpc) is 3.11. The zero-order valence-corrected chi connectivity index (χ0v) is 13.9. The number of nitrogens with zero attached hydrogens (tertiary/aromatic N) is 4. The maximum absolute atomic E-state index is 4.64. The van der Waals surface area contributed by atoms with Crippen molar-refractivity contribution in [2.45, 2.75) is 0 Å². The number of aromatic nitrogens is 4. The standard InChI is InChI=1S/C21H15N5/c1-2-6-15(7-3-1)19-9-4-10-20-24-21(25-26(19)20)23-17-11-12-18-16(14-17)8-5-13-22-18/h1-14H,(H,23,25). The van der Waals surface area contributed by atoms with Crippen LogP contribution in [0.3, 0.4) is 0 Å². The smallest absolute Gasteiger partial charge is 0.247 e. The summed E-state index contributed by atoms with van der Waals surface area (Å²) in [5.41, 5.74) is 4.81. The lowest BCUT2D eigenvalue weighted by molar-refractivity contribution is 0.973. The fourth-order valence-corrected chi connectivity index (χ4v) is 3.07. The van der Waals surface area contributed by atoms with E-state index < -0.39 is 0 Å². The van der Waals surface area contributed by atoms with Crippen LogP contribution < -0.4 is 5.32 Å². The van der Waals surface area contributed by atoms with Gasteiger partial charge in [-0.3, -0.25) is 4.98 Å². The first-order valence-electron chi connectivity index (χ1n) is 8.40. The molecule has 0 aliphatic carbocycles. The minimum Gasteiger partial charge on any atom is -0.323 e. The SMILES string of the molecule is c1ccc(-c2cccc3nc(Nc4ccc5ncccc5c4)nn23)cc1. The van der Waals surface area contributed by atoms with Gasteiger partial charge in [0.25, 0.3) is 0 Å². The van der Waals surface area contributed by atoms with Crippen LogP contribution in [-0.2, 0) is 0 Å². The Kier molecular flexibility index (Phi) is 3.35. The Labute approximate surface area is 150 Å². The second kappa shape index (κ2) is 5.97. The van der Waals surface area contributed by atoms with Crippen molar-refractivity contribution in [1.82, 2.24) is 19.6 Å². The summed E-state index contributed by atoms with van der Waals surface area (Å²) in [6, 6.07) is 26.2. The number of benzene rings is 2. The summed E-state index contributed by atoms with van der Waals surface area (Å²) in [6.45, 7) is 0. The van der Waals surface area contributed by atoms with E-state index in [4.69, 9.17) is 0 Å². The lowest BCUT2D eigenvalue weighted by atomic mass is 10.1. The zero-order valence-electron chi connectivity index (χ0n) is 13.9. The Hall–Kier alpha value is -3.73. The molecule has 0 fully saturated rings. The van der Waals surface area contributed by atoms with Crippen molar-refractivity contribution in [1.29, 1.82) is 0 Å². The minimum absolute atomic E-state index is 0.566. The van der Waals surface area contributed by atoms with Gasteiger partial charge >= 0.3 is 0 Å².